The maximum Gasteiger partial charge on any atom is 0.0814 e. The van der Waals surface area contributed by atoms with Gasteiger partial charge in [-0.15, -0.1) is 11.3 Å². The second-order valence-corrected chi connectivity index (χ2v) is 2.97. The first-order valence-electron chi connectivity index (χ1n) is 3.02. The Morgan fingerprint density at radius 3 is 3.10 bits per heavy atom. The lowest BCUT2D eigenvalue weighted by Gasteiger charge is -1.89. The lowest BCUT2D eigenvalue weighted by Crippen LogP contribution is -1.70. The first-order valence-corrected chi connectivity index (χ1v) is 3.90. The standard InChI is InChI=1S/C8H6NS/c1-6-3-2-4-7-8(6)10-5-9-7/h2-5H,1H2. The molecule has 1 radical (unpaired) electrons. The molecular weight excluding hydrogens is 142 g/mol. The highest BCUT2D eigenvalue weighted by atomic mass is 32.1. The average Bonchev–Trinajstić information content (AvgIpc) is 2.36. The summed E-state index contributed by atoms with van der Waals surface area (Å²) in [6.07, 6.45) is 0. The lowest BCUT2D eigenvalue weighted by atomic mass is 10.2. The maximum atomic E-state index is 4.16. The first-order chi connectivity index (χ1) is 4.88. The van der Waals surface area contributed by atoms with Crippen LogP contribution in [0.5, 0.6) is 0 Å². The third kappa shape index (κ3) is 0.727. The summed E-state index contributed by atoms with van der Waals surface area (Å²) in [6, 6.07) is 5.98. The topological polar surface area (TPSA) is 12.9 Å². The summed E-state index contributed by atoms with van der Waals surface area (Å²) in [7, 11) is 0. The van der Waals surface area contributed by atoms with Crippen LogP contribution >= 0.6 is 11.3 Å². The van der Waals surface area contributed by atoms with Crippen LogP contribution in [0.4, 0.5) is 0 Å². The van der Waals surface area contributed by atoms with E-state index < -0.39 is 0 Å². The predicted molar refractivity (Wildman–Crippen MR) is 44.1 cm³/mol. The highest BCUT2D eigenvalue weighted by Gasteiger charge is 1.96. The van der Waals surface area contributed by atoms with E-state index in [0.717, 1.165) is 11.1 Å². The molecule has 1 aromatic carbocycles. The molecule has 1 heterocycles. The van der Waals surface area contributed by atoms with Gasteiger partial charge in [0, 0.05) is 0 Å². The minimum atomic E-state index is 1.05. The lowest BCUT2D eigenvalue weighted by molar-refractivity contribution is 1.50. The zero-order valence-corrected chi connectivity index (χ0v) is 6.19. The number of fused-ring (bicyclic) bond motifs is 1. The average molecular weight is 148 g/mol. The number of hydrogen-bond donors (Lipinski definition) is 0. The molecule has 1 aromatic heterocycles. The van der Waals surface area contributed by atoms with Crippen molar-refractivity contribution in [3.8, 4) is 0 Å². The number of hydrogen-bond acceptors (Lipinski definition) is 2. The van der Waals surface area contributed by atoms with Crippen molar-refractivity contribution in [3.63, 3.8) is 0 Å². The van der Waals surface area contributed by atoms with Crippen molar-refractivity contribution in [3.05, 3.63) is 36.2 Å². The Labute approximate surface area is 63.3 Å². The number of nitrogens with zero attached hydrogens (tertiary/aromatic N) is 1. The van der Waals surface area contributed by atoms with Gasteiger partial charge in [-0.25, -0.2) is 4.98 Å². The Kier molecular flexibility index (Phi) is 1.21. The van der Waals surface area contributed by atoms with Crippen molar-refractivity contribution < 1.29 is 0 Å². The van der Waals surface area contributed by atoms with Gasteiger partial charge < -0.3 is 0 Å². The van der Waals surface area contributed by atoms with Crippen LogP contribution in [-0.4, -0.2) is 4.98 Å². The smallest absolute Gasteiger partial charge is 0.0814 e. The predicted octanol–water partition coefficient (Wildman–Crippen LogP) is 2.48. The molecule has 2 rings (SSSR count). The van der Waals surface area contributed by atoms with E-state index in [1.54, 1.807) is 11.3 Å². The normalized spacial score (nSPS) is 10.5. The molecule has 0 atom stereocenters. The second-order valence-electron chi connectivity index (χ2n) is 2.12. The fourth-order valence-electron chi connectivity index (χ4n) is 0.945. The third-order valence-corrected chi connectivity index (χ3v) is 2.36. The molecule has 0 saturated heterocycles. The van der Waals surface area contributed by atoms with E-state index in [9.17, 15) is 0 Å². The zero-order chi connectivity index (χ0) is 6.97. The van der Waals surface area contributed by atoms with Crippen molar-refractivity contribution in [2.24, 2.45) is 0 Å². The summed E-state index contributed by atoms with van der Waals surface area (Å²) in [5.74, 6) is 0. The highest BCUT2D eigenvalue weighted by molar-refractivity contribution is 7.17. The van der Waals surface area contributed by atoms with Crippen LogP contribution in [0, 0.1) is 6.92 Å². The van der Waals surface area contributed by atoms with Crippen molar-refractivity contribution >= 4 is 21.6 Å². The summed E-state index contributed by atoms with van der Waals surface area (Å²) >= 11 is 1.64. The van der Waals surface area contributed by atoms with Crippen LogP contribution < -0.4 is 0 Å². The van der Waals surface area contributed by atoms with Gasteiger partial charge in [-0.1, -0.05) is 12.1 Å². The van der Waals surface area contributed by atoms with Gasteiger partial charge in [0.05, 0.1) is 15.7 Å². The number of aromatic nitrogens is 1. The molecule has 0 N–H and O–H groups in total. The Hall–Kier alpha value is -0.890. The Balaban J connectivity index is 2.95. The van der Waals surface area contributed by atoms with Crippen molar-refractivity contribution in [1.29, 1.82) is 0 Å². The Bertz CT molecular complexity index is 351. The molecule has 0 spiro atoms. The van der Waals surface area contributed by atoms with E-state index in [1.807, 2.05) is 23.7 Å². The minimum absolute atomic E-state index is 1.05. The van der Waals surface area contributed by atoms with Crippen LogP contribution in [0.15, 0.2) is 23.7 Å². The summed E-state index contributed by atoms with van der Waals surface area (Å²) in [4.78, 5) is 4.16. The summed E-state index contributed by atoms with van der Waals surface area (Å²) in [5.41, 5.74) is 3.97. The Morgan fingerprint density at radius 1 is 1.40 bits per heavy atom. The van der Waals surface area contributed by atoms with Crippen molar-refractivity contribution in [2.75, 3.05) is 0 Å². The van der Waals surface area contributed by atoms with Gasteiger partial charge in [0.15, 0.2) is 0 Å². The second kappa shape index (κ2) is 2.06. The molecule has 0 amide bonds. The van der Waals surface area contributed by atoms with E-state index in [4.69, 9.17) is 0 Å². The summed E-state index contributed by atoms with van der Waals surface area (Å²) < 4.78 is 1.20. The fraction of sp³-hybridized carbons (Fsp3) is 0. The fourth-order valence-corrected chi connectivity index (χ4v) is 1.68. The molecule has 0 aliphatic heterocycles. The summed E-state index contributed by atoms with van der Waals surface area (Å²) in [5, 5.41) is 0. The van der Waals surface area contributed by atoms with Crippen LogP contribution in [0.25, 0.3) is 10.2 Å². The Morgan fingerprint density at radius 2 is 2.30 bits per heavy atom. The first kappa shape index (κ1) is 5.86. The van der Waals surface area contributed by atoms with Gasteiger partial charge in [0.25, 0.3) is 0 Å². The van der Waals surface area contributed by atoms with Gasteiger partial charge >= 0.3 is 0 Å². The SMILES string of the molecule is [CH2]c1cccc2ncsc12. The van der Waals surface area contributed by atoms with Crippen LogP contribution in [0.2, 0.25) is 0 Å². The van der Waals surface area contributed by atoms with E-state index in [-0.39, 0.29) is 0 Å². The van der Waals surface area contributed by atoms with E-state index >= 15 is 0 Å². The third-order valence-electron chi connectivity index (χ3n) is 1.44. The molecule has 0 saturated carbocycles. The van der Waals surface area contributed by atoms with Crippen LogP contribution in [0.1, 0.15) is 5.56 Å². The molecule has 0 bridgehead atoms. The van der Waals surface area contributed by atoms with Gasteiger partial charge in [0.1, 0.15) is 0 Å². The zero-order valence-electron chi connectivity index (χ0n) is 5.37. The largest absolute Gasteiger partial charge is 0.245 e. The molecule has 0 fully saturated rings. The molecular formula is C8H6NS. The highest BCUT2D eigenvalue weighted by Crippen LogP contribution is 2.20. The molecule has 10 heavy (non-hydrogen) atoms. The number of rotatable bonds is 0. The molecule has 0 aliphatic carbocycles. The monoisotopic (exact) mass is 148 g/mol. The van der Waals surface area contributed by atoms with E-state index in [1.165, 1.54) is 4.70 Å². The van der Waals surface area contributed by atoms with Gasteiger partial charge in [0.2, 0.25) is 0 Å². The van der Waals surface area contributed by atoms with Crippen LogP contribution in [0.3, 0.4) is 0 Å². The van der Waals surface area contributed by atoms with Crippen molar-refractivity contribution in [2.45, 2.75) is 0 Å². The molecule has 49 valence electrons. The minimum Gasteiger partial charge on any atom is -0.245 e. The van der Waals surface area contributed by atoms with Gasteiger partial charge in [-0.2, -0.15) is 0 Å². The number of benzene rings is 1. The van der Waals surface area contributed by atoms with Gasteiger partial charge in [-0.3, -0.25) is 0 Å². The van der Waals surface area contributed by atoms with E-state index in [0.29, 0.717) is 0 Å². The number of thiazole rings is 1. The van der Waals surface area contributed by atoms with Crippen LogP contribution in [-0.2, 0) is 0 Å². The summed E-state index contributed by atoms with van der Waals surface area (Å²) in [6.45, 7) is 3.89. The van der Waals surface area contributed by atoms with Gasteiger partial charge in [-0.05, 0) is 18.6 Å². The van der Waals surface area contributed by atoms with E-state index in [2.05, 4.69) is 11.9 Å². The quantitative estimate of drug-likeness (QED) is 0.559. The molecule has 1 nitrogen and oxygen atoms in total. The molecule has 2 aromatic rings. The van der Waals surface area contributed by atoms with Crippen molar-refractivity contribution in [1.82, 2.24) is 4.98 Å². The molecule has 0 unspecified atom stereocenters. The molecule has 2 heteroatoms. The molecule has 0 aliphatic rings. The maximum absolute atomic E-state index is 4.16.